The zero-order valence-electron chi connectivity index (χ0n) is 13.3. The minimum atomic E-state index is -0.453. The molecular weight excluding hydrogens is 304 g/mol. The summed E-state index contributed by atoms with van der Waals surface area (Å²) in [5, 5.41) is 0.473. The van der Waals surface area contributed by atoms with Crippen molar-refractivity contribution < 1.29 is 14.3 Å². The second-order valence-corrected chi connectivity index (χ2v) is 6.85. The van der Waals surface area contributed by atoms with Crippen LogP contribution in [0.2, 0.25) is 5.15 Å². The van der Waals surface area contributed by atoms with Gasteiger partial charge < -0.3 is 14.4 Å². The molecule has 0 saturated carbocycles. The number of ether oxygens (including phenoxy) is 2. The molecule has 0 radical (unpaired) electrons. The van der Waals surface area contributed by atoms with E-state index in [-0.39, 0.29) is 12.2 Å². The van der Waals surface area contributed by atoms with Crippen LogP contribution in [0.5, 0.6) is 0 Å². The van der Waals surface area contributed by atoms with Gasteiger partial charge in [-0.15, -0.1) is 0 Å². The van der Waals surface area contributed by atoms with E-state index in [2.05, 4.69) is 4.98 Å². The molecule has 1 aliphatic rings. The van der Waals surface area contributed by atoms with Crippen molar-refractivity contribution in [3.05, 3.63) is 29.0 Å². The van der Waals surface area contributed by atoms with Gasteiger partial charge in [-0.2, -0.15) is 0 Å². The van der Waals surface area contributed by atoms with E-state index < -0.39 is 5.60 Å². The summed E-state index contributed by atoms with van der Waals surface area (Å²) < 4.78 is 11.3. The van der Waals surface area contributed by atoms with Gasteiger partial charge in [-0.3, -0.25) is 0 Å². The third kappa shape index (κ3) is 5.46. The average molecular weight is 327 g/mol. The first-order chi connectivity index (χ1) is 10.3. The van der Waals surface area contributed by atoms with Gasteiger partial charge in [0.05, 0.1) is 12.7 Å². The van der Waals surface area contributed by atoms with E-state index in [0.29, 0.717) is 24.8 Å². The number of nitrogens with zero attached hydrogens (tertiary/aromatic N) is 2. The summed E-state index contributed by atoms with van der Waals surface area (Å²) in [7, 11) is 0. The van der Waals surface area contributed by atoms with Gasteiger partial charge in [-0.05, 0) is 51.3 Å². The number of hydrogen-bond donors (Lipinski definition) is 0. The number of piperidine rings is 1. The minimum absolute atomic E-state index is 0.158. The molecule has 1 fully saturated rings. The number of carbonyl (C=O) groups is 1. The first-order valence-corrected chi connectivity index (χ1v) is 7.91. The Bertz CT molecular complexity index is 508. The van der Waals surface area contributed by atoms with Crippen LogP contribution in [0, 0.1) is 0 Å². The van der Waals surface area contributed by atoms with E-state index in [4.69, 9.17) is 21.1 Å². The summed E-state index contributed by atoms with van der Waals surface area (Å²) in [6.07, 6.45) is 3.22. The standard InChI is InChI=1S/C16H23ClN2O3/c1-16(2,3)22-15(20)19-8-5-13(6-9-19)21-11-12-4-7-18-14(17)10-12/h4,7,10,13H,5-6,8-9,11H2,1-3H3. The van der Waals surface area contributed by atoms with E-state index in [1.54, 1.807) is 17.2 Å². The highest BCUT2D eigenvalue weighted by Crippen LogP contribution is 2.19. The third-order valence-electron chi connectivity index (χ3n) is 3.37. The summed E-state index contributed by atoms with van der Waals surface area (Å²) in [6.45, 7) is 7.47. The highest BCUT2D eigenvalue weighted by atomic mass is 35.5. The fraction of sp³-hybridized carbons (Fsp3) is 0.625. The molecule has 1 amide bonds. The van der Waals surface area contributed by atoms with Crippen molar-refractivity contribution in [2.45, 2.75) is 51.9 Å². The molecule has 2 heterocycles. The van der Waals surface area contributed by atoms with Gasteiger partial charge in [0, 0.05) is 19.3 Å². The topological polar surface area (TPSA) is 51.7 Å². The van der Waals surface area contributed by atoms with Crippen LogP contribution in [-0.4, -0.2) is 40.8 Å². The Kier molecular flexibility index (Phi) is 5.64. The maximum Gasteiger partial charge on any atom is 0.410 e. The predicted octanol–water partition coefficient (Wildman–Crippen LogP) is 3.65. The smallest absolute Gasteiger partial charge is 0.410 e. The molecule has 2 rings (SSSR count). The van der Waals surface area contributed by atoms with E-state index in [9.17, 15) is 4.79 Å². The average Bonchev–Trinajstić information content (AvgIpc) is 2.44. The Balaban J connectivity index is 1.74. The number of amides is 1. The normalized spacial score (nSPS) is 16.6. The van der Waals surface area contributed by atoms with Crippen molar-refractivity contribution in [1.29, 1.82) is 0 Å². The predicted molar refractivity (Wildman–Crippen MR) is 84.9 cm³/mol. The van der Waals surface area contributed by atoms with Crippen LogP contribution in [0.1, 0.15) is 39.2 Å². The lowest BCUT2D eigenvalue weighted by Gasteiger charge is -2.33. The molecular formula is C16H23ClN2O3. The van der Waals surface area contributed by atoms with Crippen LogP contribution in [0.4, 0.5) is 4.79 Å². The van der Waals surface area contributed by atoms with Gasteiger partial charge in [-0.25, -0.2) is 9.78 Å². The minimum Gasteiger partial charge on any atom is -0.444 e. The van der Waals surface area contributed by atoms with E-state index >= 15 is 0 Å². The summed E-state index contributed by atoms with van der Waals surface area (Å²) >= 11 is 5.85. The maximum absolute atomic E-state index is 12.0. The molecule has 122 valence electrons. The van der Waals surface area contributed by atoms with Gasteiger partial charge in [0.15, 0.2) is 0 Å². The van der Waals surface area contributed by atoms with Crippen molar-refractivity contribution in [3.63, 3.8) is 0 Å². The highest BCUT2D eigenvalue weighted by Gasteiger charge is 2.27. The van der Waals surface area contributed by atoms with Gasteiger partial charge >= 0.3 is 6.09 Å². The molecule has 1 aromatic heterocycles. The van der Waals surface area contributed by atoms with Gasteiger partial charge in [0.2, 0.25) is 0 Å². The third-order valence-corrected chi connectivity index (χ3v) is 3.58. The van der Waals surface area contributed by atoms with Crippen LogP contribution < -0.4 is 0 Å². The fourth-order valence-corrected chi connectivity index (χ4v) is 2.47. The largest absolute Gasteiger partial charge is 0.444 e. The molecule has 1 saturated heterocycles. The van der Waals surface area contributed by atoms with Gasteiger partial charge in [0.1, 0.15) is 10.8 Å². The Hall–Kier alpha value is -1.33. The summed E-state index contributed by atoms with van der Waals surface area (Å²) in [4.78, 5) is 17.7. The summed E-state index contributed by atoms with van der Waals surface area (Å²) in [5.41, 5.74) is 0.556. The number of rotatable bonds is 3. The van der Waals surface area contributed by atoms with Crippen molar-refractivity contribution in [2.75, 3.05) is 13.1 Å². The molecule has 0 atom stereocenters. The van der Waals surface area contributed by atoms with Gasteiger partial charge in [0.25, 0.3) is 0 Å². The number of hydrogen-bond acceptors (Lipinski definition) is 4. The summed E-state index contributed by atoms with van der Waals surface area (Å²) in [6, 6.07) is 3.69. The Morgan fingerprint density at radius 3 is 2.68 bits per heavy atom. The van der Waals surface area contributed by atoms with Crippen molar-refractivity contribution in [2.24, 2.45) is 0 Å². The lowest BCUT2D eigenvalue weighted by molar-refractivity contribution is -0.0170. The monoisotopic (exact) mass is 326 g/mol. The molecule has 5 nitrogen and oxygen atoms in total. The zero-order valence-corrected chi connectivity index (χ0v) is 14.1. The quantitative estimate of drug-likeness (QED) is 0.796. The molecule has 22 heavy (non-hydrogen) atoms. The molecule has 0 spiro atoms. The number of aromatic nitrogens is 1. The fourth-order valence-electron chi connectivity index (χ4n) is 2.28. The molecule has 0 bridgehead atoms. The Morgan fingerprint density at radius 2 is 2.09 bits per heavy atom. The van der Waals surface area contributed by atoms with Crippen LogP contribution in [0.15, 0.2) is 18.3 Å². The maximum atomic E-state index is 12.0. The van der Waals surface area contributed by atoms with Crippen molar-refractivity contribution in [3.8, 4) is 0 Å². The molecule has 0 aromatic carbocycles. The number of halogens is 1. The molecule has 0 unspecified atom stereocenters. The molecule has 1 aromatic rings. The van der Waals surface area contributed by atoms with Crippen molar-refractivity contribution >= 4 is 17.7 Å². The highest BCUT2D eigenvalue weighted by molar-refractivity contribution is 6.29. The Labute approximate surface area is 136 Å². The number of pyridine rings is 1. The van der Waals surface area contributed by atoms with Crippen LogP contribution in [0.3, 0.4) is 0 Å². The molecule has 0 aliphatic carbocycles. The van der Waals surface area contributed by atoms with E-state index in [1.165, 1.54) is 0 Å². The second-order valence-electron chi connectivity index (χ2n) is 6.46. The first kappa shape index (κ1) is 17.0. The van der Waals surface area contributed by atoms with Gasteiger partial charge in [-0.1, -0.05) is 11.6 Å². The molecule has 0 N–H and O–H groups in total. The van der Waals surface area contributed by atoms with Crippen LogP contribution in [0.25, 0.3) is 0 Å². The lowest BCUT2D eigenvalue weighted by atomic mass is 10.1. The number of likely N-dealkylation sites (tertiary alicyclic amines) is 1. The SMILES string of the molecule is CC(C)(C)OC(=O)N1CCC(OCc2ccnc(Cl)c2)CC1. The Morgan fingerprint density at radius 1 is 1.41 bits per heavy atom. The van der Waals surface area contributed by atoms with Crippen LogP contribution in [-0.2, 0) is 16.1 Å². The lowest BCUT2D eigenvalue weighted by Crippen LogP contribution is -2.43. The van der Waals surface area contributed by atoms with E-state index in [1.807, 2.05) is 26.8 Å². The second kappa shape index (κ2) is 7.29. The van der Waals surface area contributed by atoms with E-state index in [0.717, 1.165) is 18.4 Å². The van der Waals surface area contributed by atoms with Crippen molar-refractivity contribution in [1.82, 2.24) is 9.88 Å². The van der Waals surface area contributed by atoms with Crippen LogP contribution >= 0.6 is 11.6 Å². The number of carbonyl (C=O) groups excluding carboxylic acids is 1. The first-order valence-electron chi connectivity index (χ1n) is 7.53. The zero-order chi connectivity index (χ0) is 16.2. The summed E-state index contributed by atoms with van der Waals surface area (Å²) in [5.74, 6) is 0. The molecule has 6 heteroatoms. The molecule has 1 aliphatic heterocycles.